The highest BCUT2D eigenvalue weighted by molar-refractivity contribution is 6.37. The van der Waals surface area contributed by atoms with Crippen molar-refractivity contribution in [2.24, 2.45) is 5.10 Å². The van der Waals surface area contributed by atoms with Crippen molar-refractivity contribution in [3.8, 4) is 0 Å². The first-order valence-corrected chi connectivity index (χ1v) is 10.1. The molecule has 1 N–H and O–H groups in total. The van der Waals surface area contributed by atoms with Crippen LogP contribution in [0.25, 0.3) is 6.08 Å². The van der Waals surface area contributed by atoms with E-state index in [9.17, 15) is 9.59 Å². The van der Waals surface area contributed by atoms with Crippen LogP contribution in [0, 0.1) is 0 Å². The zero-order valence-corrected chi connectivity index (χ0v) is 17.3. The summed E-state index contributed by atoms with van der Waals surface area (Å²) in [6.07, 6.45) is 1.75. The molecule has 5 nitrogen and oxygen atoms in total. The minimum Gasteiger partial charge on any atom is -0.478 e. The summed E-state index contributed by atoms with van der Waals surface area (Å²) >= 11 is 0. The molecule has 5 heteroatoms. The van der Waals surface area contributed by atoms with E-state index < -0.39 is 5.97 Å². The second kappa shape index (κ2) is 8.40. The zero-order valence-electron chi connectivity index (χ0n) is 17.3. The molecule has 1 heterocycles. The lowest BCUT2D eigenvalue weighted by atomic mass is 9.99. The molecular formula is C26H22N2O3. The Bertz CT molecular complexity index is 1180. The second-order valence-electron chi connectivity index (χ2n) is 7.66. The summed E-state index contributed by atoms with van der Waals surface area (Å²) in [5.74, 6) is -0.812. The summed E-state index contributed by atoms with van der Waals surface area (Å²) in [5, 5.41) is 15.2. The fourth-order valence-corrected chi connectivity index (χ4v) is 3.42. The topological polar surface area (TPSA) is 70.0 Å². The van der Waals surface area contributed by atoms with Crippen molar-refractivity contribution in [1.29, 1.82) is 0 Å². The Kier molecular flexibility index (Phi) is 5.50. The Hall–Kier alpha value is -3.99. The minimum absolute atomic E-state index is 0.198. The van der Waals surface area contributed by atoms with E-state index in [1.165, 1.54) is 22.7 Å². The zero-order chi connectivity index (χ0) is 22.0. The molecule has 3 aromatic carbocycles. The Morgan fingerprint density at radius 1 is 0.935 bits per heavy atom. The Labute approximate surface area is 181 Å². The highest BCUT2D eigenvalue weighted by Gasteiger charge is 2.32. The largest absolute Gasteiger partial charge is 0.478 e. The van der Waals surface area contributed by atoms with Crippen LogP contribution in [0.2, 0.25) is 0 Å². The van der Waals surface area contributed by atoms with Gasteiger partial charge in [0.1, 0.15) is 5.71 Å². The summed E-state index contributed by atoms with van der Waals surface area (Å²) in [7, 11) is 0. The number of benzene rings is 3. The normalized spacial score (nSPS) is 14.9. The molecule has 4 rings (SSSR count). The van der Waals surface area contributed by atoms with Crippen LogP contribution in [0.15, 0.2) is 89.5 Å². The number of hydrazone groups is 1. The SMILES string of the molecule is CC(C)c1ccc(N2N=C(c3ccccc3)/C(=C/c3ccc(C(=O)O)cc3)C2=O)cc1. The van der Waals surface area contributed by atoms with Gasteiger partial charge in [0, 0.05) is 5.56 Å². The molecular weight excluding hydrogens is 388 g/mol. The summed E-state index contributed by atoms with van der Waals surface area (Å²) < 4.78 is 0. The molecule has 0 spiro atoms. The fraction of sp³-hybridized carbons (Fsp3) is 0.115. The van der Waals surface area contributed by atoms with Gasteiger partial charge in [-0.25, -0.2) is 4.79 Å². The van der Waals surface area contributed by atoms with Gasteiger partial charge in [0.2, 0.25) is 0 Å². The maximum absolute atomic E-state index is 13.3. The van der Waals surface area contributed by atoms with Crippen LogP contribution < -0.4 is 5.01 Å². The van der Waals surface area contributed by atoms with Gasteiger partial charge in [-0.1, -0.05) is 68.4 Å². The van der Waals surface area contributed by atoms with Crippen molar-refractivity contribution in [2.45, 2.75) is 19.8 Å². The van der Waals surface area contributed by atoms with E-state index in [4.69, 9.17) is 5.11 Å². The van der Waals surface area contributed by atoms with E-state index in [2.05, 4.69) is 18.9 Å². The van der Waals surface area contributed by atoms with E-state index in [1.54, 1.807) is 18.2 Å². The molecule has 0 saturated carbocycles. The second-order valence-corrected chi connectivity index (χ2v) is 7.66. The lowest BCUT2D eigenvalue weighted by Crippen LogP contribution is -2.21. The molecule has 0 fully saturated rings. The molecule has 154 valence electrons. The summed E-state index contributed by atoms with van der Waals surface area (Å²) in [4.78, 5) is 24.5. The number of amides is 1. The first-order valence-electron chi connectivity index (χ1n) is 10.1. The van der Waals surface area contributed by atoms with Crippen molar-refractivity contribution in [3.05, 3.63) is 107 Å². The summed E-state index contributed by atoms with van der Waals surface area (Å²) in [6.45, 7) is 4.25. The first kappa shape index (κ1) is 20.3. The molecule has 1 aliphatic heterocycles. The van der Waals surface area contributed by atoms with Crippen molar-refractivity contribution in [1.82, 2.24) is 0 Å². The van der Waals surface area contributed by atoms with Gasteiger partial charge in [0.25, 0.3) is 5.91 Å². The summed E-state index contributed by atoms with van der Waals surface area (Å²) in [5.41, 5.74) is 4.70. The van der Waals surface area contributed by atoms with Gasteiger partial charge >= 0.3 is 5.97 Å². The van der Waals surface area contributed by atoms with Crippen molar-refractivity contribution >= 4 is 29.4 Å². The molecule has 0 atom stereocenters. The monoisotopic (exact) mass is 410 g/mol. The summed E-state index contributed by atoms with van der Waals surface area (Å²) in [6, 6.07) is 23.8. The highest BCUT2D eigenvalue weighted by atomic mass is 16.4. The third-order valence-corrected chi connectivity index (χ3v) is 5.20. The van der Waals surface area contributed by atoms with E-state index in [1.807, 2.05) is 54.6 Å². The first-order chi connectivity index (χ1) is 14.9. The third kappa shape index (κ3) is 4.16. The number of carbonyl (C=O) groups is 2. The van der Waals surface area contributed by atoms with Crippen LogP contribution >= 0.6 is 0 Å². The number of rotatable bonds is 5. The molecule has 3 aromatic rings. The van der Waals surface area contributed by atoms with Crippen LogP contribution in [0.5, 0.6) is 0 Å². The van der Waals surface area contributed by atoms with Gasteiger partial charge in [-0.2, -0.15) is 10.1 Å². The molecule has 0 aliphatic carbocycles. The molecule has 1 amide bonds. The Morgan fingerprint density at radius 3 is 2.16 bits per heavy atom. The molecule has 0 saturated heterocycles. The number of hydrogen-bond acceptors (Lipinski definition) is 3. The lowest BCUT2D eigenvalue weighted by molar-refractivity contribution is -0.114. The van der Waals surface area contributed by atoms with E-state index in [0.29, 0.717) is 22.9 Å². The van der Waals surface area contributed by atoms with Crippen LogP contribution in [-0.2, 0) is 4.79 Å². The van der Waals surface area contributed by atoms with Gasteiger partial charge in [-0.3, -0.25) is 4.79 Å². The smallest absolute Gasteiger partial charge is 0.335 e. The quantitative estimate of drug-likeness (QED) is 0.577. The number of carboxylic acid groups (broad SMARTS) is 1. The average Bonchev–Trinajstić information content (AvgIpc) is 3.11. The number of anilines is 1. The number of carbonyl (C=O) groups excluding carboxylic acids is 1. The lowest BCUT2D eigenvalue weighted by Gasteiger charge is -2.13. The third-order valence-electron chi connectivity index (χ3n) is 5.20. The number of nitrogens with zero attached hydrogens (tertiary/aromatic N) is 2. The molecule has 0 unspecified atom stereocenters. The molecule has 31 heavy (non-hydrogen) atoms. The van der Waals surface area contributed by atoms with Crippen molar-refractivity contribution < 1.29 is 14.7 Å². The Morgan fingerprint density at radius 2 is 1.58 bits per heavy atom. The predicted octanol–water partition coefficient (Wildman–Crippen LogP) is 5.34. The van der Waals surface area contributed by atoms with Gasteiger partial charge < -0.3 is 5.11 Å². The maximum Gasteiger partial charge on any atom is 0.335 e. The fourth-order valence-electron chi connectivity index (χ4n) is 3.42. The minimum atomic E-state index is -0.987. The van der Waals surface area contributed by atoms with E-state index >= 15 is 0 Å². The highest BCUT2D eigenvalue weighted by Crippen LogP contribution is 2.29. The standard InChI is InChI=1S/C26H22N2O3/c1-17(2)19-12-14-22(15-13-19)28-25(29)23(24(27-28)20-6-4-3-5-7-20)16-18-8-10-21(11-9-18)26(30)31/h3-17H,1-2H3,(H,30,31)/b23-16-. The number of hydrogen-bond donors (Lipinski definition) is 1. The average molecular weight is 410 g/mol. The predicted molar refractivity (Wildman–Crippen MR) is 122 cm³/mol. The maximum atomic E-state index is 13.3. The molecule has 0 bridgehead atoms. The van der Waals surface area contributed by atoms with Gasteiger partial charge in [-0.05, 0) is 47.4 Å². The number of carboxylic acids is 1. The van der Waals surface area contributed by atoms with Gasteiger partial charge in [0.05, 0.1) is 16.8 Å². The van der Waals surface area contributed by atoms with E-state index in [-0.39, 0.29) is 11.5 Å². The Balaban J connectivity index is 1.75. The molecule has 1 aliphatic rings. The van der Waals surface area contributed by atoms with Crippen LogP contribution in [0.3, 0.4) is 0 Å². The number of aromatic carboxylic acids is 1. The van der Waals surface area contributed by atoms with Gasteiger partial charge in [-0.15, -0.1) is 0 Å². The molecule has 0 aromatic heterocycles. The van der Waals surface area contributed by atoms with Gasteiger partial charge in [0.15, 0.2) is 0 Å². The molecule has 0 radical (unpaired) electrons. The van der Waals surface area contributed by atoms with Crippen molar-refractivity contribution in [3.63, 3.8) is 0 Å². The van der Waals surface area contributed by atoms with E-state index in [0.717, 1.165) is 11.1 Å². The van der Waals surface area contributed by atoms with Crippen LogP contribution in [0.4, 0.5) is 5.69 Å². The van der Waals surface area contributed by atoms with Crippen molar-refractivity contribution in [2.75, 3.05) is 5.01 Å². The van der Waals surface area contributed by atoms with Crippen LogP contribution in [-0.4, -0.2) is 22.7 Å². The van der Waals surface area contributed by atoms with Crippen LogP contribution in [0.1, 0.15) is 46.8 Å².